The van der Waals surface area contributed by atoms with E-state index in [0.29, 0.717) is 35.1 Å². The van der Waals surface area contributed by atoms with E-state index in [4.69, 9.17) is 15.0 Å². The number of ether oxygens (including phenoxy) is 2. The fourth-order valence-electron chi connectivity index (χ4n) is 3.96. The zero-order chi connectivity index (χ0) is 26.9. The molecule has 0 amide bonds. The number of nitrogens with zero attached hydrogens (tertiary/aromatic N) is 2. The van der Waals surface area contributed by atoms with Crippen LogP contribution < -0.4 is 9.47 Å². The number of hydrogen-bond donors (Lipinski definition) is 0. The Bertz CT molecular complexity index is 1490. The Kier molecular flexibility index (Phi) is 9.86. The van der Waals surface area contributed by atoms with Crippen molar-refractivity contribution >= 4 is 36.0 Å². The van der Waals surface area contributed by atoms with Crippen LogP contribution in [-0.4, -0.2) is 40.4 Å². The third-order valence-corrected chi connectivity index (χ3v) is 9.17. The minimum atomic E-state index is -4.45. The van der Waals surface area contributed by atoms with E-state index in [1.54, 1.807) is 30.3 Å². The van der Waals surface area contributed by atoms with Crippen molar-refractivity contribution in [2.75, 3.05) is 13.2 Å². The van der Waals surface area contributed by atoms with Crippen molar-refractivity contribution < 1.29 is 31.1 Å². The van der Waals surface area contributed by atoms with Crippen LogP contribution in [-0.2, 0) is 19.7 Å². The quantitative estimate of drug-likeness (QED) is 0.0825. The Morgan fingerprint density at radius 1 is 0.811 bits per heavy atom. The van der Waals surface area contributed by atoms with E-state index in [-0.39, 0.29) is 17.3 Å². The van der Waals surface area contributed by atoms with Crippen molar-refractivity contribution in [3.63, 3.8) is 0 Å². The summed E-state index contributed by atoms with van der Waals surface area (Å²) in [6.45, 7) is 4.84. The average molecular weight is 545 g/mol. The maximum absolute atomic E-state index is 14.0. The fraction of sp³-hybridized carbons (Fsp3) is 0.370. The number of rotatable bonds is 14. The number of sulfone groups is 2. The monoisotopic (exact) mass is 544 g/mol. The average Bonchev–Trinajstić information content (AvgIpc) is 2.88. The second kappa shape index (κ2) is 12.9. The molecule has 0 saturated heterocycles. The number of hydrogen-bond acceptors (Lipinski definition) is 6. The maximum atomic E-state index is 14.0. The SMILES string of the molecule is CCCCCOc1ccc2cccc(S(=O)(=O)c3cccc(OCCCCC)c3S(=O)(=O)C=[N+]=[N-])c2c1. The van der Waals surface area contributed by atoms with E-state index in [2.05, 4.69) is 11.7 Å². The van der Waals surface area contributed by atoms with Gasteiger partial charge in [-0.25, -0.2) is 16.8 Å². The maximum Gasteiger partial charge on any atom is 0.375 e. The Balaban J connectivity index is 2.16. The highest BCUT2D eigenvalue weighted by Crippen LogP contribution is 2.37. The van der Waals surface area contributed by atoms with Crippen LogP contribution in [0.4, 0.5) is 0 Å². The molecule has 0 unspecified atom stereocenters. The molecule has 198 valence electrons. The molecule has 0 saturated carbocycles. The first-order chi connectivity index (χ1) is 17.8. The summed E-state index contributed by atoms with van der Waals surface area (Å²) in [5, 5.41) is 1.07. The Morgan fingerprint density at radius 3 is 2.14 bits per heavy atom. The van der Waals surface area contributed by atoms with Gasteiger partial charge in [0.1, 0.15) is 16.4 Å². The van der Waals surface area contributed by atoms with E-state index < -0.39 is 29.5 Å². The van der Waals surface area contributed by atoms with Crippen molar-refractivity contribution in [1.29, 1.82) is 0 Å². The van der Waals surface area contributed by atoms with Crippen LogP contribution in [0, 0.1) is 0 Å². The summed E-state index contributed by atoms with van der Waals surface area (Å²) >= 11 is 0. The molecule has 0 heterocycles. The standard InChI is InChI=1S/C27H32N2O6S2/c1-3-5-7-17-34-22-16-15-21-11-9-13-25(23(21)19-22)37(32,33)26-14-10-12-24(35-18-8-6-4-2)27(26)36(30,31)20-29-28/h9-16,19-20H,3-8,17-18H2,1-2H3. The van der Waals surface area contributed by atoms with Crippen molar-refractivity contribution in [2.45, 2.75) is 67.1 Å². The van der Waals surface area contributed by atoms with Crippen LogP contribution in [0.3, 0.4) is 0 Å². The Morgan fingerprint density at radius 2 is 1.46 bits per heavy atom. The molecule has 0 N–H and O–H groups in total. The molecule has 0 bridgehead atoms. The molecular formula is C27H32N2O6S2. The van der Waals surface area contributed by atoms with Gasteiger partial charge >= 0.3 is 5.55 Å². The lowest BCUT2D eigenvalue weighted by Gasteiger charge is -2.15. The van der Waals surface area contributed by atoms with Gasteiger partial charge in [0.25, 0.3) is 9.84 Å². The van der Waals surface area contributed by atoms with Gasteiger partial charge in [0.2, 0.25) is 9.84 Å². The third-order valence-electron chi connectivity index (χ3n) is 5.83. The first-order valence-electron chi connectivity index (χ1n) is 12.3. The lowest BCUT2D eigenvalue weighted by atomic mass is 10.1. The van der Waals surface area contributed by atoms with Gasteiger partial charge < -0.3 is 15.0 Å². The van der Waals surface area contributed by atoms with Gasteiger partial charge in [-0.1, -0.05) is 63.8 Å². The largest absolute Gasteiger partial charge is 0.494 e. The topological polar surface area (TPSA) is 123 Å². The Hall–Kier alpha value is -3.20. The number of benzene rings is 3. The molecule has 3 rings (SSSR count). The van der Waals surface area contributed by atoms with E-state index in [0.717, 1.165) is 32.1 Å². The molecule has 0 fully saturated rings. The van der Waals surface area contributed by atoms with E-state index in [9.17, 15) is 16.8 Å². The smallest absolute Gasteiger partial charge is 0.375 e. The molecule has 0 aromatic heterocycles. The lowest BCUT2D eigenvalue weighted by Crippen LogP contribution is -2.14. The molecule has 8 nitrogen and oxygen atoms in total. The number of fused-ring (bicyclic) bond motifs is 1. The molecular weight excluding hydrogens is 512 g/mol. The second-order valence-electron chi connectivity index (χ2n) is 8.60. The van der Waals surface area contributed by atoms with E-state index in [1.807, 2.05) is 6.92 Å². The van der Waals surface area contributed by atoms with Gasteiger partial charge in [0, 0.05) is 5.39 Å². The van der Waals surface area contributed by atoms with Gasteiger partial charge in [-0.05, 0) is 48.6 Å². The highest BCUT2D eigenvalue weighted by Gasteiger charge is 2.33. The summed E-state index contributed by atoms with van der Waals surface area (Å²) in [5.74, 6) is 0.414. The van der Waals surface area contributed by atoms with Crippen molar-refractivity contribution in [3.05, 3.63) is 60.1 Å². The summed E-state index contributed by atoms with van der Waals surface area (Å²) in [6, 6.07) is 14.1. The molecule has 0 aliphatic heterocycles. The second-order valence-corrected chi connectivity index (χ2v) is 12.2. The van der Waals surface area contributed by atoms with Crippen LogP contribution in [0.2, 0.25) is 0 Å². The number of unbranched alkanes of at least 4 members (excludes halogenated alkanes) is 4. The van der Waals surface area contributed by atoms with Crippen LogP contribution >= 0.6 is 0 Å². The van der Waals surface area contributed by atoms with Crippen LogP contribution in [0.25, 0.3) is 16.3 Å². The van der Waals surface area contributed by atoms with Crippen molar-refractivity contribution in [2.24, 2.45) is 0 Å². The molecule has 3 aromatic carbocycles. The highest BCUT2D eigenvalue weighted by atomic mass is 32.2. The first kappa shape index (κ1) is 28.4. The molecule has 0 atom stereocenters. The van der Waals surface area contributed by atoms with Crippen molar-refractivity contribution in [3.8, 4) is 11.5 Å². The highest BCUT2D eigenvalue weighted by molar-refractivity contribution is 8.04. The normalized spacial score (nSPS) is 11.7. The third kappa shape index (κ3) is 6.77. The molecule has 0 spiro atoms. The van der Waals surface area contributed by atoms with Crippen LogP contribution in [0.15, 0.2) is 69.3 Å². The van der Waals surface area contributed by atoms with E-state index >= 15 is 0 Å². The van der Waals surface area contributed by atoms with Gasteiger partial charge in [-0.3, -0.25) is 0 Å². The zero-order valence-corrected chi connectivity index (χ0v) is 22.7. The summed E-state index contributed by atoms with van der Waals surface area (Å²) in [6.07, 6.45) is 5.44. The Labute approximate surface area is 218 Å². The minimum Gasteiger partial charge on any atom is -0.494 e. The molecule has 0 radical (unpaired) electrons. The summed E-state index contributed by atoms with van der Waals surface area (Å²) in [4.78, 5) is 1.57. The molecule has 3 aromatic rings. The van der Waals surface area contributed by atoms with Crippen LogP contribution in [0.5, 0.6) is 11.5 Å². The fourth-order valence-corrected chi connectivity index (χ4v) is 7.18. The minimum absolute atomic E-state index is 0.0653. The van der Waals surface area contributed by atoms with E-state index in [1.165, 1.54) is 24.3 Å². The summed E-state index contributed by atoms with van der Waals surface area (Å²) < 4.78 is 65.6. The summed E-state index contributed by atoms with van der Waals surface area (Å²) in [5.41, 5.74) is 9.28. The molecule has 10 heteroatoms. The molecule has 0 aliphatic rings. The lowest BCUT2D eigenvalue weighted by molar-refractivity contribution is 0.00751. The van der Waals surface area contributed by atoms with Crippen LogP contribution in [0.1, 0.15) is 52.4 Å². The predicted octanol–water partition coefficient (Wildman–Crippen LogP) is 5.84. The molecule has 37 heavy (non-hydrogen) atoms. The predicted molar refractivity (Wildman–Crippen MR) is 143 cm³/mol. The van der Waals surface area contributed by atoms with Gasteiger partial charge in [0.15, 0.2) is 0 Å². The van der Waals surface area contributed by atoms with Gasteiger partial charge in [0.05, 0.1) is 23.0 Å². The molecule has 0 aliphatic carbocycles. The van der Waals surface area contributed by atoms with Gasteiger partial charge in [-0.2, -0.15) is 4.79 Å². The first-order valence-corrected chi connectivity index (χ1v) is 15.4. The zero-order valence-electron chi connectivity index (χ0n) is 21.1. The summed E-state index contributed by atoms with van der Waals surface area (Å²) in [7, 11) is -8.81. The van der Waals surface area contributed by atoms with Crippen molar-refractivity contribution in [1.82, 2.24) is 0 Å². The van der Waals surface area contributed by atoms with Gasteiger partial charge in [-0.15, -0.1) is 0 Å².